The van der Waals surface area contributed by atoms with Gasteiger partial charge >= 0.3 is 5.97 Å². The first-order chi connectivity index (χ1) is 12.6. The van der Waals surface area contributed by atoms with Gasteiger partial charge < -0.3 is 14.2 Å². The minimum absolute atomic E-state index is 0.0135. The van der Waals surface area contributed by atoms with Crippen LogP contribution in [0.2, 0.25) is 0 Å². The summed E-state index contributed by atoms with van der Waals surface area (Å²) in [6.45, 7) is 2.24. The van der Waals surface area contributed by atoms with Gasteiger partial charge in [0.15, 0.2) is 0 Å². The van der Waals surface area contributed by atoms with Crippen molar-refractivity contribution in [2.45, 2.75) is 25.9 Å². The van der Waals surface area contributed by atoms with Crippen LogP contribution in [0.5, 0.6) is 0 Å². The second-order valence-corrected chi connectivity index (χ2v) is 6.63. The fraction of sp³-hybridized carbons (Fsp3) is 0.238. The fourth-order valence-electron chi connectivity index (χ4n) is 3.82. The van der Waals surface area contributed by atoms with Gasteiger partial charge in [0.2, 0.25) is 5.91 Å². The Bertz CT molecular complexity index is 1010. The normalized spacial score (nSPS) is 15.9. The number of carbonyl (C=O) groups excluding carboxylic acids is 2. The molecule has 5 heteroatoms. The number of carbonyl (C=O) groups is 2. The molecule has 0 unspecified atom stereocenters. The zero-order valence-electron chi connectivity index (χ0n) is 14.8. The van der Waals surface area contributed by atoms with Crippen LogP contribution >= 0.6 is 0 Å². The molecule has 0 saturated carbocycles. The van der Waals surface area contributed by atoms with Crippen LogP contribution in [-0.2, 0) is 22.5 Å². The molecule has 2 heterocycles. The molecule has 5 nitrogen and oxygen atoms in total. The van der Waals surface area contributed by atoms with Crippen molar-refractivity contribution in [1.82, 2.24) is 4.57 Å². The summed E-state index contributed by atoms with van der Waals surface area (Å²) in [6.07, 6.45) is 2.57. The van der Waals surface area contributed by atoms with Crippen LogP contribution in [0.25, 0.3) is 10.9 Å². The maximum Gasteiger partial charge on any atom is 0.340 e. The molecule has 2 aromatic carbocycles. The van der Waals surface area contributed by atoms with Crippen LogP contribution in [-0.4, -0.2) is 29.6 Å². The minimum atomic E-state index is -0.396. The Morgan fingerprint density at radius 3 is 2.65 bits per heavy atom. The van der Waals surface area contributed by atoms with E-state index in [0.717, 1.165) is 23.0 Å². The van der Waals surface area contributed by atoms with E-state index >= 15 is 0 Å². The predicted molar refractivity (Wildman–Crippen MR) is 100 cm³/mol. The van der Waals surface area contributed by atoms with E-state index in [4.69, 9.17) is 4.74 Å². The van der Waals surface area contributed by atoms with Gasteiger partial charge in [-0.05, 0) is 31.0 Å². The van der Waals surface area contributed by atoms with Crippen LogP contribution < -0.4 is 4.90 Å². The molecule has 1 aliphatic heterocycles. The molecule has 0 N–H and O–H groups in total. The number of esters is 1. The molecule has 0 saturated heterocycles. The van der Waals surface area contributed by atoms with Gasteiger partial charge in [-0.2, -0.15) is 0 Å². The topological polar surface area (TPSA) is 51.5 Å². The van der Waals surface area contributed by atoms with Gasteiger partial charge in [0, 0.05) is 28.8 Å². The van der Waals surface area contributed by atoms with Crippen molar-refractivity contribution in [2.24, 2.45) is 0 Å². The smallest absolute Gasteiger partial charge is 0.340 e. The van der Waals surface area contributed by atoms with Gasteiger partial charge in [0.1, 0.15) is 6.54 Å². The summed E-state index contributed by atoms with van der Waals surface area (Å²) in [5.41, 5.74) is 3.50. The number of hydrogen-bond acceptors (Lipinski definition) is 3. The molecule has 1 atom stereocenters. The number of methoxy groups -OCH3 is 1. The molecule has 1 aliphatic rings. The van der Waals surface area contributed by atoms with Crippen molar-refractivity contribution in [3.05, 3.63) is 65.9 Å². The minimum Gasteiger partial charge on any atom is -0.465 e. The lowest BCUT2D eigenvalue weighted by Crippen LogP contribution is -2.37. The van der Waals surface area contributed by atoms with Crippen molar-refractivity contribution in [2.75, 3.05) is 12.0 Å². The number of hydrogen-bond donors (Lipinski definition) is 0. The van der Waals surface area contributed by atoms with Crippen molar-refractivity contribution < 1.29 is 14.3 Å². The third kappa shape index (κ3) is 2.56. The highest BCUT2D eigenvalue weighted by molar-refractivity contribution is 6.05. The number of aromatic nitrogens is 1. The Morgan fingerprint density at radius 1 is 1.12 bits per heavy atom. The molecular weight excluding hydrogens is 328 g/mol. The quantitative estimate of drug-likeness (QED) is 0.682. The van der Waals surface area contributed by atoms with Gasteiger partial charge in [0.05, 0.1) is 12.7 Å². The SMILES string of the molecule is COC(=O)c1cn(CC(=O)N2c3ccccc3C[C@H]2C)c2ccccc12. The molecule has 0 fully saturated rings. The van der Waals surface area contributed by atoms with Gasteiger partial charge in [-0.1, -0.05) is 36.4 Å². The number of rotatable bonds is 3. The maximum atomic E-state index is 13.1. The highest BCUT2D eigenvalue weighted by Crippen LogP contribution is 2.32. The first kappa shape index (κ1) is 16.4. The number of benzene rings is 2. The molecule has 4 rings (SSSR count). The number of nitrogens with zero attached hydrogens (tertiary/aromatic N) is 2. The van der Waals surface area contributed by atoms with Crippen LogP contribution in [0.15, 0.2) is 54.7 Å². The van der Waals surface area contributed by atoms with E-state index in [1.54, 1.807) is 6.20 Å². The summed E-state index contributed by atoms with van der Waals surface area (Å²) < 4.78 is 6.71. The van der Waals surface area contributed by atoms with Crippen LogP contribution in [0.1, 0.15) is 22.8 Å². The lowest BCUT2D eigenvalue weighted by molar-refractivity contribution is -0.119. The highest BCUT2D eigenvalue weighted by atomic mass is 16.5. The van der Waals surface area contributed by atoms with Crippen molar-refractivity contribution >= 4 is 28.5 Å². The van der Waals surface area contributed by atoms with Crippen LogP contribution in [0, 0.1) is 0 Å². The Morgan fingerprint density at radius 2 is 1.85 bits per heavy atom. The van der Waals surface area contributed by atoms with Crippen LogP contribution in [0.4, 0.5) is 5.69 Å². The van der Waals surface area contributed by atoms with Gasteiger partial charge in [-0.25, -0.2) is 4.79 Å². The zero-order valence-corrected chi connectivity index (χ0v) is 14.8. The summed E-state index contributed by atoms with van der Waals surface area (Å²) in [4.78, 5) is 27.0. The predicted octanol–water partition coefficient (Wildman–Crippen LogP) is 3.41. The Kier molecular flexibility index (Phi) is 3.99. The summed E-state index contributed by atoms with van der Waals surface area (Å²) in [6, 6.07) is 15.7. The molecule has 0 bridgehead atoms. The molecule has 3 aromatic rings. The molecule has 0 radical (unpaired) electrons. The Balaban J connectivity index is 1.70. The summed E-state index contributed by atoms with van der Waals surface area (Å²) >= 11 is 0. The highest BCUT2D eigenvalue weighted by Gasteiger charge is 2.30. The first-order valence-corrected chi connectivity index (χ1v) is 8.66. The summed E-state index contributed by atoms with van der Waals surface area (Å²) in [7, 11) is 1.36. The van der Waals surface area contributed by atoms with Gasteiger partial charge in [-0.3, -0.25) is 4.79 Å². The largest absolute Gasteiger partial charge is 0.465 e. The van der Waals surface area contributed by atoms with Crippen LogP contribution in [0.3, 0.4) is 0 Å². The van der Waals surface area contributed by atoms with Crippen molar-refractivity contribution in [3.8, 4) is 0 Å². The second kappa shape index (κ2) is 6.33. The molecule has 1 amide bonds. The lowest BCUT2D eigenvalue weighted by Gasteiger charge is -2.23. The first-order valence-electron chi connectivity index (χ1n) is 8.66. The van der Waals surface area contributed by atoms with E-state index in [-0.39, 0.29) is 18.5 Å². The van der Waals surface area contributed by atoms with E-state index in [1.165, 1.54) is 12.7 Å². The molecule has 132 valence electrons. The van der Waals surface area contributed by atoms with Gasteiger partial charge in [0.25, 0.3) is 0 Å². The lowest BCUT2D eigenvalue weighted by atomic mass is 10.1. The van der Waals surface area contributed by atoms with Crippen molar-refractivity contribution in [3.63, 3.8) is 0 Å². The second-order valence-electron chi connectivity index (χ2n) is 6.63. The summed E-state index contributed by atoms with van der Waals surface area (Å²) in [5.74, 6) is -0.382. The third-order valence-electron chi connectivity index (χ3n) is 4.98. The number of amides is 1. The molecule has 26 heavy (non-hydrogen) atoms. The number of para-hydroxylation sites is 2. The maximum absolute atomic E-state index is 13.1. The molecule has 0 spiro atoms. The molecule has 0 aliphatic carbocycles. The van der Waals surface area contributed by atoms with E-state index in [1.807, 2.05) is 51.9 Å². The standard InChI is InChI=1S/C21H20N2O3/c1-14-11-15-7-3-5-9-18(15)23(14)20(24)13-22-12-17(21(25)26-2)16-8-4-6-10-19(16)22/h3-10,12,14H,11,13H2,1-2H3/t14-/m1/s1. The number of fused-ring (bicyclic) bond motifs is 2. The number of ether oxygens (including phenoxy) is 1. The molecular formula is C21H20N2O3. The fourth-order valence-corrected chi connectivity index (χ4v) is 3.82. The average Bonchev–Trinajstić information content (AvgIpc) is 3.18. The summed E-state index contributed by atoms with van der Waals surface area (Å²) in [5, 5.41) is 0.794. The zero-order chi connectivity index (χ0) is 18.3. The van der Waals surface area contributed by atoms with E-state index in [2.05, 4.69) is 13.0 Å². The average molecular weight is 348 g/mol. The van der Waals surface area contributed by atoms with E-state index in [0.29, 0.717) is 5.56 Å². The molecule has 1 aromatic heterocycles. The van der Waals surface area contributed by atoms with E-state index in [9.17, 15) is 9.59 Å². The van der Waals surface area contributed by atoms with Crippen molar-refractivity contribution in [1.29, 1.82) is 0 Å². The number of anilines is 1. The Hall–Kier alpha value is -3.08. The monoisotopic (exact) mass is 348 g/mol. The third-order valence-corrected chi connectivity index (χ3v) is 4.98. The van der Waals surface area contributed by atoms with E-state index < -0.39 is 5.97 Å². The Labute approximate surface area is 151 Å². The van der Waals surface area contributed by atoms with Gasteiger partial charge in [-0.15, -0.1) is 0 Å².